The van der Waals surface area contributed by atoms with Gasteiger partial charge >= 0.3 is 5.97 Å². The summed E-state index contributed by atoms with van der Waals surface area (Å²) in [5.74, 6) is -0.502. The molecule has 0 aliphatic carbocycles. The first-order chi connectivity index (χ1) is 4.68. The molecule has 0 aromatic rings. The van der Waals surface area contributed by atoms with E-state index in [4.69, 9.17) is 0 Å². The second kappa shape index (κ2) is 4.73. The van der Waals surface area contributed by atoms with Crippen LogP contribution >= 0.6 is 0 Å². The van der Waals surface area contributed by atoms with E-state index in [9.17, 15) is 9.18 Å². The van der Waals surface area contributed by atoms with Gasteiger partial charge in [-0.15, -0.1) is 0 Å². The molecule has 0 aliphatic rings. The lowest BCUT2D eigenvalue weighted by Crippen LogP contribution is -2.04. The molecular formula is C7H9FO2. The second-order valence-electron chi connectivity index (χ2n) is 1.74. The number of carbonyl (C=O) groups is 1. The molecule has 0 aromatic carbocycles. The van der Waals surface area contributed by atoms with Crippen molar-refractivity contribution in [3.8, 4) is 0 Å². The van der Waals surface area contributed by atoms with Crippen LogP contribution in [0.5, 0.6) is 0 Å². The van der Waals surface area contributed by atoms with E-state index in [1.165, 1.54) is 6.92 Å². The molecule has 0 heterocycles. The monoisotopic (exact) mass is 144 g/mol. The summed E-state index contributed by atoms with van der Waals surface area (Å²) in [6, 6.07) is 0. The summed E-state index contributed by atoms with van der Waals surface area (Å²) < 4.78 is 15.7. The minimum absolute atomic E-state index is 0.0395. The molecule has 0 radical (unpaired) electrons. The standard InChI is InChI=1S/C7H9FO2/c1-6(2)7(9)10-5-3-4-8/h3-4H,1,5H2,2H3. The summed E-state index contributed by atoms with van der Waals surface area (Å²) >= 11 is 0. The number of rotatable bonds is 3. The first-order valence-electron chi connectivity index (χ1n) is 2.76. The van der Waals surface area contributed by atoms with Gasteiger partial charge in [0.05, 0.1) is 6.33 Å². The molecule has 0 bridgehead atoms. The van der Waals surface area contributed by atoms with Crippen molar-refractivity contribution in [3.63, 3.8) is 0 Å². The molecule has 0 unspecified atom stereocenters. The van der Waals surface area contributed by atoms with Gasteiger partial charge in [-0.3, -0.25) is 0 Å². The summed E-state index contributed by atoms with van der Waals surface area (Å²) in [6.07, 6.45) is 1.42. The average molecular weight is 144 g/mol. The predicted molar refractivity (Wildman–Crippen MR) is 36.0 cm³/mol. The van der Waals surface area contributed by atoms with Crippen molar-refractivity contribution >= 4 is 5.97 Å². The van der Waals surface area contributed by atoms with E-state index in [0.717, 1.165) is 6.08 Å². The lowest BCUT2D eigenvalue weighted by molar-refractivity contribution is -0.137. The zero-order valence-electron chi connectivity index (χ0n) is 5.76. The Morgan fingerprint density at radius 2 is 2.40 bits per heavy atom. The van der Waals surface area contributed by atoms with E-state index < -0.39 is 5.97 Å². The van der Waals surface area contributed by atoms with Crippen LogP contribution in [0.2, 0.25) is 0 Å². The number of esters is 1. The highest BCUT2D eigenvalue weighted by Gasteiger charge is 1.99. The summed E-state index contributed by atoms with van der Waals surface area (Å²) in [4.78, 5) is 10.5. The summed E-state index contributed by atoms with van der Waals surface area (Å²) in [6.45, 7) is 4.83. The molecule has 0 fully saturated rings. The molecular weight excluding hydrogens is 135 g/mol. The van der Waals surface area contributed by atoms with Gasteiger partial charge in [0.1, 0.15) is 6.61 Å². The van der Waals surface area contributed by atoms with Gasteiger partial charge in [-0.1, -0.05) is 6.58 Å². The molecule has 56 valence electrons. The Balaban J connectivity index is 3.50. The second-order valence-corrected chi connectivity index (χ2v) is 1.74. The van der Waals surface area contributed by atoms with Crippen molar-refractivity contribution in [3.05, 3.63) is 24.6 Å². The van der Waals surface area contributed by atoms with Crippen LogP contribution in [-0.2, 0) is 9.53 Å². The minimum Gasteiger partial charge on any atom is -0.458 e. The van der Waals surface area contributed by atoms with Gasteiger partial charge in [0.25, 0.3) is 0 Å². The van der Waals surface area contributed by atoms with Crippen molar-refractivity contribution in [2.45, 2.75) is 6.92 Å². The maximum absolute atomic E-state index is 11.3. The van der Waals surface area contributed by atoms with Gasteiger partial charge in [-0.05, 0) is 13.0 Å². The van der Waals surface area contributed by atoms with Crippen LogP contribution in [0.15, 0.2) is 24.6 Å². The Labute approximate surface area is 59.0 Å². The Morgan fingerprint density at radius 1 is 1.80 bits per heavy atom. The first-order valence-corrected chi connectivity index (χ1v) is 2.76. The third kappa shape index (κ3) is 3.83. The third-order valence-corrected chi connectivity index (χ3v) is 0.748. The molecule has 0 aliphatic heterocycles. The van der Waals surface area contributed by atoms with Crippen LogP contribution in [0.25, 0.3) is 0 Å². The minimum atomic E-state index is -0.502. The van der Waals surface area contributed by atoms with Gasteiger partial charge < -0.3 is 4.74 Å². The van der Waals surface area contributed by atoms with Crippen molar-refractivity contribution in [2.24, 2.45) is 0 Å². The number of hydrogen-bond donors (Lipinski definition) is 0. The van der Waals surface area contributed by atoms with Gasteiger partial charge in [-0.25, -0.2) is 9.18 Å². The van der Waals surface area contributed by atoms with E-state index in [2.05, 4.69) is 11.3 Å². The highest BCUT2D eigenvalue weighted by atomic mass is 19.1. The average Bonchev–Trinajstić information content (AvgIpc) is 1.88. The fourth-order valence-corrected chi connectivity index (χ4v) is 0.283. The maximum atomic E-state index is 11.3. The molecule has 0 saturated carbocycles. The van der Waals surface area contributed by atoms with Crippen LogP contribution in [0.4, 0.5) is 4.39 Å². The Hall–Kier alpha value is -1.12. The largest absolute Gasteiger partial charge is 0.458 e. The smallest absolute Gasteiger partial charge is 0.333 e. The highest BCUT2D eigenvalue weighted by molar-refractivity contribution is 5.86. The Morgan fingerprint density at radius 3 is 2.80 bits per heavy atom. The van der Waals surface area contributed by atoms with Gasteiger partial charge in [0, 0.05) is 5.57 Å². The van der Waals surface area contributed by atoms with E-state index in [-0.39, 0.29) is 6.61 Å². The van der Waals surface area contributed by atoms with Crippen molar-refractivity contribution < 1.29 is 13.9 Å². The van der Waals surface area contributed by atoms with Gasteiger partial charge in [0.15, 0.2) is 0 Å². The highest BCUT2D eigenvalue weighted by Crippen LogP contribution is 1.91. The van der Waals surface area contributed by atoms with Crippen LogP contribution in [0, 0.1) is 0 Å². The van der Waals surface area contributed by atoms with E-state index in [1.807, 2.05) is 0 Å². The maximum Gasteiger partial charge on any atom is 0.333 e. The molecule has 0 rings (SSSR count). The molecule has 10 heavy (non-hydrogen) atoms. The number of halogens is 1. The fourth-order valence-electron chi connectivity index (χ4n) is 0.283. The molecule has 0 spiro atoms. The van der Waals surface area contributed by atoms with E-state index >= 15 is 0 Å². The van der Waals surface area contributed by atoms with Crippen LogP contribution in [0.3, 0.4) is 0 Å². The van der Waals surface area contributed by atoms with Crippen molar-refractivity contribution in [1.82, 2.24) is 0 Å². The van der Waals surface area contributed by atoms with Crippen molar-refractivity contribution in [2.75, 3.05) is 6.61 Å². The third-order valence-electron chi connectivity index (χ3n) is 0.748. The number of carbonyl (C=O) groups excluding carboxylic acids is 1. The zero-order chi connectivity index (χ0) is 7.98. The molecule has 0 N–H and O–H groups in total. The molecule has 0 atom stereocenters. The molecule has 2 nitrogen and oxygen atoms in total. The Bertz CT molecular complexity index is 161. The normalized spacial score (nSPS) is 9.80. The van der Waals surface area contributed by atoms with Crippen LogP contribution in [-0.4, -0.2) is 12.6 Å². The molecule has 0 amide bonds. The van der Waals surface area contributed by atoms with Crippen LogP contribution in [0.1, 0.15) is 6.92 Å². The number of hydrogen-bond acceptors (Lipinski definition) is 2. The molecule has 3 heteroatoms. The topological polar surface area (TPSA) is 26.3 Å². The van der Waals surface area contributed by atoms with E-state index in [0.29, 0.717) is 11.9 Å². The lowest BCUT2D eigenvalue weighted by atomic mass is 10.4. The molecule has 0 aromatic heterocycles. The summed E-state index contributed by atoms with van der Waals surface area (Å²) in [5.41, 5.74) is 0.312. The quantitative estimate of drug-likeness (QED) is 0.444. The molecule has 0 saturated heterocycles. The number of ether oxygens (including phenoxy) is 1. The van der Waals surface area contributed by atoms with Crippen molar-refractivity contribution in [1.29, 1.82) is 0 Å². The summed E-state index contributed by atoms with van der Waals surface area (Å²) in [5, 5.41) is 0. The van der Waals surface area contributed by atoms with Crippen LogP contribution < -0.4 is 0 Å². The van der Waals surface area contributed by atoms with Gasteiger partial charge in [-0.2, -0.15) is 0 Å². The Kier molecular flexibility index (Phi) is 4.20. The summed E-state index contributed by atoms with van der Waals surface area (Å²) in [7, 11) is 0. The predicted octanol–water partition coefficient (Wildman–Crippen LogP) is 1.59. The van der Waals surface area contributed by atoms with Gasteiger partial charge in [0.2, 0.25) is 0 Å². The SMILES string of the molecule is C=C(C)C(=O)OCC=CF. The van der Waals surface area contributed by atoms with E-state index in [1.54, 1.807) is 0 Å². The lowest BCUT2D eigenvalue weighted by Gasteiger charge is -1.97. The fraction of sp³-hybridized carbons (Fsp3) is 0.286. The zero-order valence-corrected chi connectivity index (χ0v) is 5.76. The first kappa shape index (κ1) is 8.88.